The zero-order valence-corrected chi connectivity index (χ0v) is 19.6. The maximum atomic E-state index is 6.24. The summed E-state index contributed by atoms with van der Waals surface area (Å²) in [5.74, 6) is 0. The summed E-state index contributed by atoms with van der Waals surface area (Å²) in [5, 5.41) is 2.56. The van der Waals surface area contributed by atoms with Gasteiger partial charge in [-0.25, -0.2) is 0 Å². The number of hydrogen-bond donors (Lipinski definition) is 0. The van der Waals surface area contributed by atoms with E-state index in [0.29, 0.717) is 6.01 Å². The lowest BCUT2D eigenvalue weighted by atomic mass is 10.1. The Kier molecular flexibility index (Phi) is 4.64. The van der Waals surface area contributed by atoms with Crippen LogP contribution in [0.15, 0.2) is 126 Å². The van der Waals surface area contributed by atoms with E-state index >= 15 is 0 Å². The molecule has 5 aromatic carbocycles. The van der Waals surface area contributed by atoms with Gasteiger partial charge in [0, 0.05) is 20.2 Å². The van der Waals surface area contributed by atoms with Crippen molar-refractivity contribution in [2.24, 2.45) is 0 Å². The predicted octanol–water partition coefficient (Wildman–Crippen LogP) is 9.33. The van der Waals surface area contributed by atoms with Gasteiger partial charge in [-0.3, -0.25) is 4.90 Å². The van der Waals surface area contributed by atoms with Gasteiger partial charge >= 0.3 is 6.01 Å². The zero-order valence-electron chi connectivity index (χ0n) is 18.8. The predicted molar refractivity (Wildman–Crippen MR) is 147 cm³/mol. The molecule has 0 spiro atoms. The molecule has 0 radical (unpaired) electrons. The number of aromatic nitrogens is 1. The minimum atomic E-state index is 0.555. The molecule has 0 N–H and O–H groups in total. The molecule has 35 heavy (non-hydrogen) atoms. The molecule has 0 saturated heterocycles. The van der Waals surface area contributed by atoms with E-state index in [9.17, 15) is 0 Å². The van der Waals surface area contributed by atoms with Crippen molar-refractivity contribution < 1.29 is 4.42 Å². The maximum absolute atomic E-state index is 6.24. The van der Waals surface area contributed by atoms with Gasteiger partial charge in [-0.2, -0.15) is 4.98 Å². The number of hydrogen-bond acceptors (Lipinski definition) is 4. The van der Waals surface area contributed by atoms with E-state index in [1.54, 1.807) is 0 Å². The molecule has 166 valence electrons. The van der Waals surface area contributed by atoms with Crippen molar-refractivity contribution >= 4 is 60.0 Å². The van der Waals surface area contributed by atoms with Crippen LogP contribution in [0.25, 0.3) is 42.4 Å². The number of oxazole rings is 1. The first-order valence-electron chi connectivity index (χ1n) is 11.6. The van der Waals surface area contributed by atoms with Gasteiger partial charge in [-0.1, -0.05) is 78.9 Å². The third kappa shape index (κ3) is 3.47. The van der Waals surface area contributed by atoms with E-state index < -0.39 is 0 Å². The number of benzene rings is 5. The SMILES string of the molecule is c1ccc(-c2ccc(N(c3ccc4c(c3)sc3ccccc34)c3nc4ccccc4o3)cc2)cc1. The van der Waals surface area contributed by atoms with Gasteiger partial charge in [0.1, 0.15) is 5.52 Å². The summed E-state index contributed by atoms with van der Waals surface area (Å²) in [7, 11) is 0. The average molecular weight is 469 g/mol. The van der Waals surface area contributed by atoms with Crippen LogP contribution in [-0.4, -0.2) is 4.98 Å². The summed E-state index contributed by atoms with van der Waals surface area (Å²) in [5.41, 5.74) is 6.00. The summed E-state index contributed by atoms with van der Waals surface area (Å²) in [6.07, 6.45) is 0. The van der Waals surface area contributed by atoms with Crippen LogP contribution in [0.2, 0.25) is 0 Å². The molecular weight excluding hydrogens is 448 g/mol. The van der Waals surface area contributed by atoms with E-state index in [-0.39, 0.29) is 0 Å². The van der Waals surface area contributed by atoms with Gasteiger partial charge in [0.25, 0.3) is 0 Å². The van der Waals surface area contributed by atoms with Crippen LogP contribution in [0.1, 0.15) is 0 Å². The highest BCUT2D eigenvalue weighted by atomic mass is 32.1. The topological polar surface area (TPSA) is 29.3 Å². The van der Waals surface area contributed by atoms with Crippen LogP contribution in [0, 0.1) is 0 Å². The van der Waals surface area contributed by atoms with Crippen molar-refractivity contribution in [3.05, 3.63) is 121 Å². The third-order valence-corrected chi connectivity index (χ3v) is 7.46. The van der Waals surface area contributed by atoms with Gasteiger partial charge in [-0.15, -0.1) is 11.3 Å². The molecule has 2 heterocycles. The Morgan fingerprint density at radius 3 is 2.11 bits per heavy atom. The largest absolute Gasteiger partial charge is 0.423 e. The van der Waals surface area contributed by atoms with E-state index in [2.05, 4.69) is 95.9 Å². The Bertz CT molecular complexity index is 1770. The van der Waals surface area contributed by atoms with Gasteiger partial charge in [0.15, 0.2) is 5.58 Å². The molecule has 2 aromatic heterocycles. The lowest BCUT2D eigenvalue weighted by Gasteiger charge is -2.21. The van der Waals surface area contributed by atoms with Crippen LogP contribution in [0.4, 0.5) is 17.4 Å². The van der Waals surface area contributed by atoms with Crippen molar-refractivity contribution in [1.82, 2.24) is 4.98 Å². The fraction of sp³-hybridized carbons (Fsp3) is 0. The summed E-state index contributed by atoms with van der Waals surface area (Å²) < 4.78 is 8.78. The highest BCUT2D eigenvalue weighted by Crippen LogP contribution is 2.41. The standard InChI is InChI=1S/C31H20N2OS/c1-2-8-21(9-3-1)22-14-16-23(17-15-22)33(31-32-27-11-5-6-12-28(27)34-31)24-18-19-26-25-10-4-7-13-29(25)35-30(26)20-24/h1-20H. The van der Waals surface area contributed by atoms with Crippen LogP contribution in [0.3, 0.4) is 0 Å². The Balaban J connectivity index is 1.39. The second-order valence-electron chi connectivity index (χ2n) is 8.49. The molecule has 0 aliphatic heterocycles. The Labute approximate surface area is 206 Å². The number of para-hydroxylation sites is 2. The molecule has 3 nitrogen and oxygen atoms in total. The highest BCUT2D eigenvalue weighted by molar-refractivity contribution is 7.25. The molecule has 0 aliphatic rings. The Morgan fingerprint density at radius 2 is 1.26 bits per heavy atom. The second kappa shape index (κ2) is 8.12. The van der Waals surface area contributed by atoms with Crippen molar-refractivity contribution in [2.45, 2.75) is 0 Å². The monoisotopic (exact) mass is 468 g/mol. The lowest BCUT2D eigenvalue weighted by molar-refractivity contribution is 0.608. The highest BCUT2D eigenvalue weighted by Gasteiger charge is 2.20. The van der Waals surface area contributed by atoms with E-state index in [4.69, 9.17) is 9.40 Å². The summed E-state index contributed by atoms with van der Waals surface area (Å²) in [4.78, 5) is 6.93. The molecule has 0 saturated carbocycles. The normalized spacial score (nSPS) is 11.4. The number of rotatable bonds is 4. The number of anilines is 3. The van der Waals surface area contributed by atoms with Crippen LogP contribution < -0.4 is 4.90 Å². The first-order valence-corrected chi connectivity index (χ1v) is 12.4. The van der Waals surface area contributed by atoms with Gasteiger partial charge in [-0.05, 0) is 53.6 Å². The van der Waals surface area contributed by atoms with Crippen LogP contribution in [0.5, 0.6) is 0 Å². The molecule has 0 fully saturated rings. The quantitative estimate of drug-likeness (QED) is 0.258. The number of thiophene rings is 1. The van der Waals surface area contributed by atoms with E-state index in [0.717, 1.165) is 22.5 Å². The smallest absolute Gasteiger partial charge is 0.307 e. The summed E-state index contributed by atoms with van der Waals surface area (Å²) in [6.45, 7) is 0. The molecule has 0 atom stereocenters. The average Bonchev–Trinajstić information content (AvgIpc) is 3.51. The third-order valence-electron chi connectivity index (χ3n) is 6.33. The minimum absolute atomic E-state index is 0.555. The molecule has 0 amide bonds. The van der Waals surface area contributed by atoms with Crippen molar-refractivity contribution in [2.75, 3.05) is 4.90 Å². The minimum Gasteiger partial charge on any atom is -0.423 e. The molecule has 0 unspecified atom stereocenters. The number of nitrogens with zero attached hydrogens (tertiary/aromatic N) is 2. The fourth-order valence-corrected chi connectivity index (χ4v) is 5.75. The zero-order chi connectivity index (χ0) is 23.2. The lowest BCUT2D eigenvalue weighted by Crippen LogP contribution is -2.10. The second-order valence-corrected chi connectivity index (χ2v) is 9.57. The molecule has 0 bridgehead atoms. The molecule has 4 heteroatoms. The first kappa shape index (κ1) is 20.0. The molecule has 7 aromatic rings. The Hall–Kier alpha value is -4.41. The number of fused-ring (bicyclic) bond motifs is 4. The molecule has 7 rings (SSSR count). The van der Waals surface area contributed by atoms with Gasteiger partial charge in [0.05, 0.1) is 11.4 Å². The molecule has 0 aliphatic carbocycles. The van der Waals surface area contributed by atoms with Crippen molar-refractivity contribution in [3.63, 3.8) is 0 Å². The summed E-state index contributed by atoms with van der Waals surface area (Å²) in [6, 6.07) is 42.6. The van der Waals surface area contributed by atoms with E-state index in [1.165, 1.54) is 31.3 Å². The Morgan fingerprint density at radius 1 is 0.571 bits per heavy atom. The summed E-state index contributed by atoms with van der Waals surface area (Å²) >= 11 is 1.81. The van der Waals surface area contributed by atoms with Gasteiger partial charge < -0.3 is 4.42 Å². The maximum Gasteiger partial charge on any atom is 0.307 e. The van der Waals surface area contributed by atoms with Gasteiger partial charge in [0.2, 0.25) is 0 Å². The van der Waals surface area contributed by atoms with Crippen molar-refractivity contribution in [3.8, 4) is 11.1 Å². The van der Waals surface area contributed by atoms with E-state index in [1.807, 2.05) is 41.7 Å². The first-order chi connectivity index (χ1) is 17.3. The molecular formula is C31H20N2OS. The van der Waals surface area contributed by atoms with Crippen LogP contribution in [-0.2, 0) is 0 Å². The fourth-order valence-electron chi connectivity index (χ4n) is 4.61. The van der Waals surface area contributed by atoms with Crippen molar-refractivity contribution in [1.29, 1.82) is 0 Å². The van der Waals surface area contributed by atoms with Crippen LogP contribution >= 0.6 is 11.3 Å².